The van der Waals surface area contributed by atoms with Crippen LogP contribution in [0, 0.1) is 0 Å². The Morgan fingerprint density at radius 2 is 2.26 bits per heavy atom. The zero-order chi connectivity index (χ0) is 13.8. The van der Waals surface area contributed by atoms with Crippen LogP contribution >= 0.6 is 12.2 Å². The molecule has 100 valence electrons. The number of amides is 1. The van der Waals surface area contributed by atoms with E-state index in [-0.39, 0.29) is 17.6 Å². The number of rotatable bonds is 3. The van der Waals surface area contributed by atoms with Crippen molar-refractivity contribution in [3.8, 4) is 0 Å². The maximum Gasteiger partial charge on any atom is 0.260 e. The van der Waals surface area contributed by atoms with E-state index in [9.17, 15) is 4.79 Å². The summed E-state index contributed by atoms with van der Waals surface area (Å²) in [6, 6.07) is 7.43. The van der Waals surface area contributed by atoms with E-state index < -0.39 is 0 Å². The van der Waals surface area contributed by atoms with Crippen LogP contribution in [0.1, 0.15) is 6.92 Å². The summed E-state index contributed by atoms with van der Waals surface area (Å²) < 4.78 is 1.53. The largest absolute Gasteiger partial charge is 0.375 e. The van der Waals surface area contributed by atoms with Crippen LogP contribution in [0.25, 0.3) is 11.0 Å². The maximum absolute atomic E-state index is 11.9. The van der Waals surface area contributed by atoms with Crippen LogP contribution in [0.4, 0.5) is 0 Å². The fourth-order valence-electron chi connectivity index (χ4n) is 1.65. The standard InChI is InChI=1S/C11H14N6OS/c1-2-16(11(12)19)14-10(18)7-17-9-6-4-3-5-8(9)13-15-17/h3-6H,2,7H2,1H3,(H2,12,19)(H,14,18). The molecule has 2 rings (SSSR count). The Hall–Kier alpha value is -2.22. The van der Waals surface area contributed by atoms with Crippen LogP contribution in [0.5, 0.6) is 0 Å². The average Bonchev–Trinajstić information content (AvgIpc) is 2.79. The van der Waals surface area contributed by atoms with Gasteiger partial charge < -0.3 is 5.73 Å². The molecule has 0 atom stereocenters. The van der Waals surface area contributed by atoms with Gasteiger partial charge in [0.05, 0.1) is 5.52 Å². The summed E-state index contributed by atoms with van der Waals surface area (Å²) in [6.45, 7) is 2.39. The number of carbonyl (C=O) groups excluding carboxylic acids is 1. The van der Waals surface area contributed by atoms with Crippen LogP contribution in [0.3, 0.4) is 0 Å². The van der Waals surface area contributed by atoms with Crippen molar-refractivity contribution in [3.05, 3.63) is 24.3 Å². The number of thiocarbonyl (C=S) groups is 1. The molecule has 0 radical (unpaired) electrons. The maximum atomic E-state index is 11.9. The van der Waals surface area contributed by atoms with Gasteiger partial charge in [-0.1, -0.05) is 17.3 Å². The number of para-hydroxylation sites is 1. The fraction of sp³-hybridized carbons (Fsp3) is 0.273. The lowest BCUT2D eigenvalue weighted by Crippen LogP contribution is -2.49. The van der Waals surface area contributed by atoms with E-state index >= 15 is 0 Å². The number of nitrogens with one attached hydrogen (secondary N) is 1. The highest BCUT2D eigenvalue weighted by Crippen LogP contribution is 2.09. The minimum Gasteiger partial charge on any atom is -0.375 e. The normalized spacial score (nSPS) is 10.4. The van der Waals surface area contributed by atoms with Crippen LogP contribution in [-0.4, -0.2) is 37.6 Å². The molecule has 1 amide bonds. The van der Waals surface area contributed by atoms with Gasteiger partial charge in [0.1, 0.15) is 12.1 Å². The number of nitrogens with zero attached hydrogens (tertiary/aromatic N) is 4. The molecule has 3 N–H and O–H groups in total. The topological polar surface area (TPSA) is 89.1 Å². The number of nitrogens with two attached hydrogens (primary N) is 1. The summed E-state index contributed by atoms with van der Waals surface area (Å²) in [7, 11) is 0. The van der Waals surface area contributed by atoms with Crippen LogP contribution in [0.2, 0.25) is 0 Å². The molecule has 1 aromatic heterocycles. The molecule has 0 fully saturated rings. The van der Waals surface area contributed by atoms with Crippen LogP contribution in [0.15, 0.2) is 24.3 Å². The molecule has 7 nitrogen and oxygen atoms in total. The first kappa shape index (κ1) is 13.2. The van der Waals surface area contributed by atoms with E-state index in [1.165, 1.54) is 9.69 Å². The summed E-state index contributed by atoms with van der Waals surface area (Å²) in [4.78, 5) is 11.9. The van der Waals surface area contributed by atoms with Gasteiger partial charge >= 0.3 is 0 Å². The Morgan fingerprint density at radius 1 is 1.53 bits per heavy atom. The lowest BCUT2D eigenvalue weighted by molar-refractivity contribution is -0.125. The molecule has 0 bridgehead atoms. The molecule has 2 aromatic rings. The minimum absolute atomic E-state index is 0.0552. The summed E-state index contributed by atoms with van der Waals surface area (Å²) in [5.41, 5.74) is 9.63. The number of hydrogen-bond donors (Lipinski definition) is 2. The summed E-state index contributed by atoms with van der Waals surface area (Å²) in [6.07, 6.45) is 0. The first-order valence-electron chi connectivity index (χ1n) is 5.76. The number of aromatic nitrogens is 3. The molecule has 1 heterocycles. The number of benzene rings is 1. The Morgan fingerprint density at radius 3 is 2.95 bits per heavy atom. The van der Waals surface area contributed by atoms with E-state index in [1.807, 2.05) is 31.2 Å². The van der Waals surface area contributed by atoms with Gasteiger partial charge in [0, 0.05) is 6.54 Å². The Balaban J connectivity index is 2.09. The lowest BCUT2D eigenvalue weighted by atomic mass is 10.3. The van der Waals surface area contributed by atoms with E-state index in [0.29, 0.717) is 6.54 Å². The van der Waals surface area contributed by atoms with Crippen LogP contribution < -0.4 is 11.2 Å². The second-order valence-electron chi connectivity index (χ2n) is 3.85. The highest BCUT2D eigenvalue weighted by molar-refractivity contribution is 7.80. The Labute approximate surface area is 115 Å². The van der Waals surface area contributed by atoms with Crippen molar-refractivity contribution in [3.63, 3.8) is 0 Å². The number of carbonyl (C=O) groups is 1. The van der Waals surface area contributed by atoms with Gasteiger partial charge in [-0.2, -0.15) is 0 Å². The molecule has 0 aliphatic rings. The fourth-order valence-corrected chi connectivity index (χ4v) is 1.82. The first-order chi connectivity index (χ1) is 9.11. The molecule has 1 aromatic carbocycles. The summed E-state index contributed by atoms with van der Waals surface area (Å²) >= 11 is 4.81. The van der Waals surface area contributed by atoms with E-state index in [0.717, 1.165) is 11.0 Å². The SMILES string of the molecule is CCN(NC(=O)Cn1nnc2ccccc21)C(N)=S. The Bertz CT molecular complexity index is 610. The zero-order valence-electron chi connectivity index (χ0n) is 10.4. The third-order valence-electron chi connectivity index (χ3n) is 2.56. The van der Waals surface area contributed by atoms with Gasteiger partial charge in [0.15, 0.2) is 5.11 Å². The number of hydrazine groups is 1. The molecule has 0 saturated carbocycles. The molecular weight excluding hydrogens is 264 g/mol. The second-order valence-corrected chi connectivity index (χ2v) is 4.27. The highest BCUT2D eigenvalue weighted by atomic mass is 32.1. The van der Waals surface area contributed by atoms with Gasteiger partial charge in [-0.3, -0.25) is 15.2 Å². The van der Waals surface area contributed by atoms with Crippen molar-refractivity contribution in [2.75, 3.05) is 6.54 Å². The smallest absolute Gasteiger partial charge is 0.260 e. The highest BCUT2D eigenvalue weighted by Gasteiger charge is 2.11. The molecule has 8 heteroatoms. The predicted octanol–water partition coefficient (Wildman–Crippen LogP) is 0.0280. The van der Waals surface area contributed by atoms with Crippen molar-refractivity contribution >= 4 is 34.3 Å². The van der Waals surface area contributed by atoms with E-state index in [2.05, 4.69) is 15.7 Å². The molecule has 0 saturated heterocycles. The van der Waals surface area contributed by atoms with Gasteiger partial charge in [0.2, 0.25) is 0 Å². The average molecular weight is 278 g/mol. The van der Waals surface area contributed by atoms with Gasteiger partial charge in [-0.15, -0.1) is 5.10 Å². The third-order valence-corrected chi connectivity index (χ3v) is 2.78. The Kier molecular flexibility index (Phi) is 3.91. The number of hydrogen-bond acceptors (Lipinski definition) is 4. The predicted molar refractivity (Wildman–Crippen MR) is 74.8 cm³/mol. The van der Waals surface area contributed by atoms with Crippen molar-refractivity contribution in [2.24, 2.45) is 5.73 Å². The minimum atomic E-state index is -0.259. The quantitative estimate of drug-likeness (QED) is 0.608. The number of fused-ring (bicyclic) bond motifs is 1. The van der Waals surface area contributed by atoms with Crippen molar-refractivity contribution < 1.29 is 4.79 Å². The van der Waals surface area contributed by atoms with Crippen molar-refractivity contribution in [2.45, 2.75) is 13.5 Å². The van der Waals surface area contributed by atoms with Crippen molar-refractivity contribution in [1.29, 1.82) is 0 Å². The van der Waals surface area contributed by atoms with Crippen LogP contribution in [-0.2, 0) is 11.3 Å². The monoisotopic (exact) mass is 278 g/mol. The van der Waals surface area contributed by atoms with Gasteiger partial charge in [-0.25, -0.2) is 4.68 Å². The zero-order valence-corrected chi connectivity index (χ0v) is 11.2. The molecule has 19 heavy (non-hydrogen) atoms. The second kappa shape index (κ2) is 5.61. The van der Waals surface area contributed by atoms with E-state index in [4.69, 9.17) is 18.0 Å². The lowest BCUT2D eigenvalue weighted by Gasteiger charge is -2.21. The molecule has 0 spiro atoms. The molecule has 0 aliphatic heterocycles. The summed E-state index contributed by atoms with van der Waals surface area (Å²) in [5, 5.41) is 9.44. The third kappa shape index (κ3) is 2.97. The van der Waals surface area contributed by atoms with Gasteiger partial charge in [0.25, 0.3) is 5.91 Å². The first-order valence-corrected chi connectivity index (χ1v) is 6.17. The molecular formula is C11H14N6OS. The molecule has 0 unspecified atom stereocenters. The molecule has 0 aliphatic carbocycles. The van der Waals surface area contributed by atoms with Crippen molar-refractivity contribution in [1.82, 2.24) is 25.4 Å². The summed E-state index contributed by atoms with van der Waals surface area (Å²) in [5.74, 6) is -0.259. The van der Waals surface area contributed by atoms with Gasteiger partial charge in [-0.05, 0) is 31.3 Å². The van der Waals surface area contributed by atoms with E-state index in [1.54, 1.807) is 0 Å².